The van der Waals surface area contributed by atoms with Crippen molar-refractivity contribution in [3.8, 4) is 17.6 Å². The summed E-state index contributed by atoms with van der Waals surface area (Å²) in [6.45, 7) is 0.591. The van der Waals surface area contributed by atoms with Gasteiger partial charge in [0.2, 0.25) is 0 Å². The number of ether oxygens (including phenoxy) is 2. The fourth-order valence-corrected chi connectivity index (χ4v) is 2.69. The number of halogens is 1. The number of hydrogen-bond acceptors (Lipinski definition) is 3. The second kappa shape index (κ2) is 7.80. The number of aromatic nitrogens is 1. The SMILES string of the molecule is COc1ccc(C[n+]2ccc3ccccc3c2C#N)cc1OC.[Br-]. The smallest absolute Gasteiger partial charge is 0.291 e. The number of nitriles is 1. The Kier molecular flexibility index (Phi) is 5.78. The van der Waals surface area contributed by atoms with Crippen molar-refractivity contribution in [2.24, 2.45) is 0 Å². The highest BCUT2D eigenvalue weighted by Gasteiger charge is 2.16. The second-order valence-corrected chi connectivity index (χ2v) is 5.18. The first-order chi connectivity index (χ1) is 11.3. The summed E-state index contributed by atoms with van der Waals surface area (Å²) in [5.74, 6) is 1.38. The summed E-state index contributed by atoms with van der Waals surface area (Å²) in [5.41, 5.74) is 1.69. The average Bonchev–Trinajstić information content (AvgIpc) is 2.61. The molecule has 2 aromatic carbocycles. The van der Waals surface area contributed by atoms with Crippen LogP contribution in [0.1, 0.15) is 11.3 Å². The van der Waals surface area contributed by atoms with Crippen LogP contribution in [0.2, 0.25) is 0 Å². The normalized spacial score (nSPS) is 9.88. The molecule has 0 aliphatic rings. The zero-order valence-corrected chi connectivity index (χ0v) is 15.1. The van der Waals surface area contributed by atoms with Gasteiger partial charge >= 0.3 is 0 Å². The number of hydrogen-bond donors (Lipinski definition) is 0. The molecule has 0 aliphatic heterocycles. The molecule has 0 bridgehead atoms. The van der Waals surface area contributed by atoms with E-state index >= 15 is 0 Å². The summed E-state index contributed by atoms with van der Waals surface area (Å²) in [7, 11) is 3.23. The maximum absolute atomic E-state index is 9.56. The van der Waals surface area contributed by atoms with E-state index in [-0.39, 0.29) is 17.0 Å². The molecule has 122 valence electrons. The largest absolute Gasteiger partial charge is 1.00 e. The lowest BCUT2D eigenvalue weighted by atomic mass is 10.1. The van der Waals surface area contributed by atoms with Gasteiger partial charge in [-0.3, -0.25) is 0 Å². The molecule has 0 spiro atoms. The third-order valence-electron chi connectivity index (χ3n) is 3.84. The van der Waals surface area contributed by atoms with E-state index in [9.17, 15) is 5.26 Å². The highest BCUT2D eigenvalue weighted by atomic mass is 79.9. The summed E-state index contributed by atoms with van der Waals surface area (Å²) in [6, 6.07) is 18.0. The van der Waals surface area contributed by atoms with Crippen LogP contribution in [-0.4, -0.2) is 14.2 Å². The molecule has 0 aliphatic carbocycles. The van der Waals surface area contributed by atoms with Gasteiger partial charge in [-0.2, -0.15) is 9.83 Å². The van der Waals surface area contributed by atoms with Crippen molar-refractivity contribution in [1.29, 1.82) is 5.26 Å². The van der Waals surface area contributed by atoms with Gasteiger partial charge < -0.3 is 26.5 Å². The van der Waals surface area contributed by atoms with Gasteiger partial charge in [0.15, 0.2) is 30.3 Å². The molecule has 1 aromatic heterocycles. The Morgan fingerprint density at radius 1 is 1.00 bits per heavy atom. The van der Waals surface area contributed by atoms with Gasteiger partial charge in [-0.25, -0.2) is 0 Å². The first-order valence-electron chi connectivity index (χ1n) is 7.29. The molecule has 24 heavy (non-hydrogen) atoms. The number of pyridine rings is 1. The van der Waals surface area contributed by atoms with E-state index in [0.717, 1.165) is 16.3 Å². The van der Waals surface area contributed by atoms with E-state index in [4.69, 9.17) is 9.47 Å². The van der Waals surface area contributed by atoms with E-state index in [1.165, 1.54) is 0 Å². The predicted molar refractivity (Wildman–Crippen MR) is 87.5 cm³/mol. The maximum Gasteiger partial charge on any atom is 0.291 e. The Hall–Kier alpha value is -2.58. The summed E-state index contributed by atoms with van der Waals surface area (Å²) in [4.78, 5) is 0. The molecule has 3 rings (SSSR count). The maximum atomic E-state index is 9.56. The first-order valence-corrected chi connectivity index (χ1v) is 7.29. The summed E-state index contributed by atoms with van der Waals surface area (Å²) in [6.07, 6.45) is 1.94. The number of benzene rings is 2. The molecule has 0 fully saturated rings. The minimum atomic E-state index is 0. The quantitative estimate of drug-likeness (QED) is 0.598. The van der Waals surface area contributed by atoms with E-state index in [2.05, 4.69) is 6.07 Å². The average molecular weight is 385 g/mol. The molecule has 1 heterocycles. The Morgan fingerprint density at radius 3 is 2.46 bits per heavy atom. The second-order valence-electron chi connectivity index (χ2n) is 5.18. The molecule has 0 N–H and O–H groups in total. The number of methoxy groups -OCH3 is 2. The van der Waals surface area contributed by atoms with Crippen LogP contribution in [-0.2, 0) is 6.54 Å². The highest BCUT2D eigenvalue weighted by molar-refractivity contribution is 5.85. The Bertz CT molecular complexity index is 903. The van der Waals surface area contributed by atoms with Crippen molar-refractivity contribution in [3.63, 3.8) is 0 Å². The van der Waals surface area contributed by atoms with E-state index < -0.39 is 0 Å². The van der Waals surface area contributed by atoms with Crippen molar-refractivity contribution < 1.29 is 31.0 Å². The topological polar surface area (TPSA) is 46.1 Å². The molecule has 0 amide bonds. The molecule has 0 saturated heterocycles. The van der Waals surface area contributed by atoms with Crippen molar-refractivity contribution in [3.05, 3.63) is 66.0 Å². The molecular weight excluding hydrogens is 368 g/mol. The number of rotatable bonds is 4. The molecule has 0 atom stereocenters. The lowest BCUT2D eigenvalue weighted by Crippen LogP contribution is -3.00. The zero-order valence-electron chi connectivity index (χ0n) is 13.5. The standard InChI is InChI=1S/C19H17N2O2.BrH/c1-22-18-8-7-14(11-19(18)23-2)13-21-10-9-15-5-3-4-6-16(15)17(21)12-20;/h3-11H,13H2,1-2H3;1H/q+1;/p-1. The zero-order chi connectivity index (χ0) is 16.2. The van der Waals surface area contributed by atoms with Gasteiger partial charge in [0.05, 0.1) is 19.6 Å². The van der Waals surface area contributed by atoms with Crippen LogP contribution in [0.25, 0.3) is 10.8 Å². The summed E-state index contributed by atoms with van der Waals surface area (Å²) in [5, 5.41) is 11.6. The van der Waals surface area contributed by atoms with Gasteiger partial charge in [0.1, 0.15) is 0 Å². The van der Waals surface area contributed by atoms with Crippen LogP contribution in [0.3, 0.4) is 0 Å². The van der Waals surface area contributed by atoms with E-state index in [0.29, 0.717) is 23.7 Å². The lowest BCUT2D eigenvalue weighted by molar-refractivity contribution is -0.689. The molecule has 0 radical (unpaired) electrons. The van der Waals surface area contributed by atoms with Gasteiger partial charge in [0.25, 0.3) is 5.69 Å². The molecule has 0 unspecified atom stereocenters. The van der Waals surface area contributed by atoms with Crippen LogP contribution in [0.15, 0.2) is 54.7 Å². The van der Waals surface area contributed by atoms with Crippen LogP contribution in [0.4, 0.5) is 0 Å². The van der Waals surface area contributed by atoms with Crippen molar-refractivity contribution >= 4 is 10.8 Å². The molecule has 0 saturated carbocycles. The van der Waals surface area contributed by atoms with Gasteiger partial charge in [-0.1, -0.05) is 18.2 Å². The number of fused-ring (bicyclic) bond motifs is 1. The van der Waals surface area contributed by atoms with E-state index in [1.807, 2.05) is 59.3 Å². The van der Waals surface area contributed by atoms with Crippen molar-refractivity contribution in [2.75, 3.05) is 14.2 Å². The minimum Gasteiger partial charge on any atom is -1.00 e. The van der Waals surface area contributed by atoms with Crippen molar-refractivity contribution in [2.45, 2.75) is 6.54 Å². The molecular formula is C19H17BrN2O2. The highest BCUT2D eigenvalue weighted by Crippen LogP contribution is 2.27. The van der Waals surface area contributed by atoms with E-state index in [1.54, 1.807) is 14.2 Å². The van der Waals surface area contributed by atoms with Gasteiger partial charge in [-0.15, -0.1) is 0 Å². The van der Waals surface area contributed by atoms with Crippen molar-refractivity contribution in [1.82, 2.24) is 0 Å². The Labute approximate surface area is 151 Å². The van der Waals surface area contributed by atoms with Crippen LogP contribution < -0.4 is 31.0 Å². The third-order valence-corrected chi connectivity index (χ3v) is 3.84. The molecule has 4 nitrogen and oxygen atoms in total. The van der Waals surface area contributed by atoms with Gasteiger partial charge in [0, 0.05) is 11.6 Å². The monoisotopic (exact) mass is 384 g/mol. The van der Waals surface area contributed by atoms with Crippen LogP contribution in [0.5, 0.6) is 11.5 Å². The lowest BCUT2D eigenvalue weighted by Gasteiger charge is -2.09. The summed E-state index contributed by atoms with van der Waals surface area (Å²) >= 11 is 0. The molecule has 5 heteroatoms. The van der Waals surface area contributed by atoms with Crippen LogP contribution in [0, 0.1) is 11.3 Å². The molecule has 3 aromatic rings. The fraction of sp³-hybridized carbons (Fsp3) is 0.158. The third kappa shape index (κ3) is 3.34. The Morgan fingerprint density at radius 2 is 1.75 bits per heavy atom. The number of nitrogens with zero attached hydrogens (tertiary/aromatic N) is 2. The Balaban J connectivity index is 0.00000208. The summed E-state index contributed by atoms with van der Waals surface area (Å²) < 4.78 is 12.5. The van der Waals surface area contributed by atoms with Crippen LogP contribution >= 0.6 is 0 Å². The first kappa shape index (κ1) is 17.8. The fourth-order valence-electron chi connectivity index (χ4n) is 2.69. The van der Waals surface area contributed by atoms with Gasteiger partial charge in [-0.05, 0) is 29.7 Å². The minimum absolute atomic E-state index is 0. The predicted octanol–water partition coefficient (Wildman–Crippen LogP) is 0.0685.